The van der Waals surface area contributed by atoms with Crippen LogP contribution in [0.25, 0.3) is 0 Å². The van der Waals surface area contributed by atoms with Crippen molar-refractivity contribution >= 4 is 33.0 Å². The maximum absolute atomic E-state index is 13.6. The Balaban J connectivity index is 1.67. The van der Waals surface area contributed by atoms with Gasteiger partial charge in [-0.05, 0) is 60.2 Å². The number of halogens is 2. The van der Waals surface area contributed by atoms with Gasteiger partial charge in [-0.1, -0.05) is 64.5 Å². The van der Waals surface area contributed by atoms with Crippen LogP contribution < -0.4 is 16.3 Å². The lowest BCUT2D eigenvalue weighted by Gasteiger charge is -2.22. The van der Waals surface area contributed by atoms with Gasteiger partial charge in [-0.2, -0.15) is 5.10 Å². The largest absolute Gasteiger partial charge is 0.507 e. The van der Waals surface area contributed by atoms with E-state index in [9.17, 15) is 9.50 Å². The summed E-state index contributed by atoms with van der Waals surface area (Å²) in [7, 11) is 0. The van der Waals surface area contributed by atoms with Gasteiger partial charge >= 0.3 is 0 Å². The molecule has 4 aromatic carbocycles. The molecule has 0 saturated heterocycles. The van der Waals surface area contributed by atoms with E-state index in [4.69, 9.17) is 0 Å². The Morgan fingerprint density at radius 3 is 2.18 bits per heavy atom. The number of hydrazone groups is 1. The van der Waals surface area contributed by atoms with Gasteiger partial charge in [0.1, 0.15) is 11.6 Å². The van der Waals surface area contributed by atoms with Crippen LogP contribution >= 0.6 is 15.9 Å². The van der Waals surface area contributed by atoms with E-state index in [2.05, 4.69) is 37.3 Å². The summed E-state index contributed by atoms with van der Waals surface area (Å²) in [6, 6.07) is 30.6. The van der Waals surface area contributed by atoms with Crippen LogP contribution in [0.5, 0.6) is 5.75 Å². The van der Waals surface area contributed by atoms with Gasteiger partial charge in [0.15, 0.2) is 0 Å². The maximum atomic E-state index is 13.6. The van der Waals surface area contributed by atoms with Crippen molar-refractivity contribution in [2.75, 3.05) is 10.9 Å². The molecule has 34 heavy (non-hydrogen) atoms. The average molecular weight is 519 g/mol. The first kappa shape index (κ1) is 23.5. The molecule has 4 aromatic rings. The summed E-state index contributed by atoms with van der Waals surface area (Å²) in [5, 5.41) is 15.3. The number of aromatic hydroxyl groups is 1. The minimum atomic E-state index is -0.303. The molecule has 0 fully saturated rings. The van der Waals surface area contributed by atoms with E-state index >= 15 is 0 Å². The molecule has 0 aliphatic heterocycles. The molecule has 1 atom stereocenters. The summed E-state index contributed by atoms with van der Waals surface area (Å²) in [4.78, 5) is 0. The Hall–Kier alpha value is -3.68. The van der Waals surface area contributed by atoms with Crippen molar-refractivity contribution in [3.63, 3.8) is 0 Å². The number of hydrogen-bond donors (Lipinski definition) is 4. The lowest BCUT2D eigenvalue weighted by atomic mass is 9.97. The monoisotopic (exact) mass is 518 g/mol. The molecule has 0 bridgehead atoms. The van der Waals surface area contributed by atoms with E-state index < -0.39 is 0 Å². The van der Waals surface area contributed by atoms with Crippen molar-refractivity contribution in [2.24, 2.45) is 5.10 Å². The van der Waals surface area contributed by atoms with Gasteiger partial charge in [0, 0.05) is 22.1 Å². The number of nitrogens with one attached hydrogen (secondary N) is 3. The molecule has 7 heteroatoms. The molecule has 0 unspecified atom stereocenters. The van der Waals surface area contributed by atoms with Crippen LogP contribution in [0.3, 0.4) is 0 Å². The predicted molar refractivity (Wildman–Crippen MR) is 139 cm³/mol. The van der Waals surface area contributed by atoms with E-state index in [1.807, 2.05) is 66.7 Å². The van der Waals surface area contributed by atoms with E-state index in [1.54, 1.807) is 24.3 Å². The first-order valence-electron chi connectivity index (χ1n) is 10.8. The molecule has 5 nitrogen and oxygen atoms in total. The van der Waals surface area contributed by atoms with Crippen molar-refractivity contribution in [1.82, 2.24) is 5.43 Å². The Labute approximate surface area is 206 Å². The van der Waals surface area contributed by atoms with Gasteiger partial charge in [0.2, 0.25) is 0 Å². The highest BCUT2D eigenvalue weighted by molar-refractivity contribution is 9.10. The summed E-state index contributed by atoms with van der Waals surface area (Å²) in [5.74, 6) is -0.187. The fraction of sp³-hybridized carbons (Fsp3) is 0.0741. The van der Waals surface area contributed by atoms with Gasteiger partial charge in [-0.15, -0.1) is 0 Å². The quantitative estimate of drug-likeness (QED) is 0.144. The number of anilines is 2. The van der Waals surface area contributed by atoms with Gasteiger partial charge in [0.05, 0.1) is 17.4 Å². The van der Waals surface area contributed by atoms with Gasteiger partial charge in [-0.25, -0.2) is 9.82 Å². The van der Waals surface area contributed by atoms with E-state index in [1.165, 1.54) is 12.1 Å². The Morgan fingerprint density at radius 2 is 1.50 bits per heavy atom. The van der Waals surface area contributed by atoms with Crippen LogP contribution in [0.15, 0.2) is 113 Å². The molecule has 0 amide bonds. The standard InChI is InChI=1S/C27H24BrFN4O/c28-20-13-16-27(34)24(17-20)26(33-31-23-9-5-2-6-10-23)18-25(19-11-14-21(29)15-12-19)32-30-22-7-3-1-4-8-22/h1-17,25,30-32,34H,18H2/t25-/m1/s1. The smallest absolute Gasteiger partial charge is 0.124 e. The van der Waals surface area contributed by atoms with E-state index in [0.717, 1.165) is 21.4 Å². The summed E-state index contributed by atoms with van der Waals surface area (Å²) in [5.41, 5.74) is 13.4. The second kappa shape index (κ2) is 11.4. The zero-order chi connectivity index (χ0) is 23.8. The number of hydrogen-bond acceptors (Lipinski definition) is 5. The lowest BCUT2D eigenvalue weighted by Crippen LogP contribution is -2.29. The highest BCUT2D eigenvalue weighted by atomic mass is 79.9. The SMILES string of the molecule is Oc1ccc(Br)cc1C(C[C@@H](NNc1ccccc1)c1ccc(F)cc1)=NNc1ccccc1. The molecular weight excluding hydrogens is 495 g/mol. The van der Waals surface area contributed by atoms with E-state index in [-0.39, 0.29) is 17.6 Å². The van der Waals surface area contributed by atoms with Crippen molar-refractivity contribution < 1.29 is 9.50 Å². The number of phenols is 1. The molecule has 0 aliphatic rings. The lowest BCUT2D eigenvalue weighted by molar-refractivity contribution is 0.473. The van der Waals surface area contributed by atoms with Crippen LogP contribution in [0.2, 0.25) is 0 Å². The molecule has 0 heterocycles. The van der Waals surface area contributed by atoms with Crippen LogP contribution in [-0.4, -0.2) is 10.8 Å². The average Bonchev–Trinajstić information content (AvgIpc) is 2.87. The second-order valence-electron chi connectivity index (χ2n) is 7.64. The van der Waals surface area contributed by atoms with Crippen LogP contribution in [0, 0.1) is 5.82 Å². The molecule has 0 saturated carbocycles. The van der Waals surface area contributed by atoms with Crippen LogP contribution in [-0.2, 0) is 0 Å². The number of benzene rings is 4. The number of para-hydroxylation sites is 2. The maximum Gasteiger partial charge on any atom is 0.124 e. The highest BCUT2D eigenvalue weighted by Crippen LogP contribution is 2.28. The van der Waals surface area contributed by atoms with Crippen LogP contribution in [0.4, 0.5) is 15.8 Å². The summed E-state index contributed by atoms with van der Waals surface area (Å²) in [6.45, 7) is 0. The number of nitrogens with zero attached hydrogens (tertiary/aromatic N) is 1. The second-order valence-corrected chi connectivity index (χ2v) is 8.56. The fourth-order valence-electron chi connectivity index (χ4n) is 3.43. The van der Waals surface area contributed by atoms with Crippen molar-refractivity contribution in [3.05, 3.63) is 125 Å². The number of phenolic OH excluding ortho intramolecular Hbond substituents is 1. The minimum Gasteiger partial charge on any atom is -0.507 e. The third-order valence-electron chi connectivity index (χ3n) is 5.20. The summed E-state index contributed by atoms with van der Waals surface area (Å²) >= 11 is 3.48. The Kier molecular flexibility index (Phi) is 7.91. The molecular formula is C27H24BrFN4O. The third-order valence-corrected chi connectivity index (χ3v) is 5.69. The molecule has 0 aromatic heterocycles. The van der Waals surface area contributed by atoms with Crippen molar-refractivity contribution in [2.45, 2.75) is 12.5 Å². The Morgan fingerprint density at radius 1 is 0.853 bits per heavy atom. The van der Waals surface area contributed by atoms with Gasteiger partial charge < -0.3 is 10.5 Å². The van der Waals surface area contributed by atoms with E-state index in [0.29, 0.717) is 17.7 Å². The molecule has 4 N–H and O–H groups in total. The zero-order valence-electron chi connectivity index (χ0n) is 18.2. The molecule has 172 valence electrons. The first-order chi connectivity index (χ1) is 16.6. The molecule has 4 rings (SSSR count). The van der Waals surface area contributed by atoms with Crippen LogP contribution in [0.1, 0.15) is 23.6 Å². The number of rotatable bonds is 9. The Bertz CT molecular complexity index is 1230. The molecule has 0 radical (unpaired) electrons. The minimum absolute atomic E-state index is 0.116. The van der Waals surface area contributed by atoms with Gasteiger partial charge in [-0.3, -0.25) is 5.43 Å². The fourth-order valence-corrected chi connectivity index (χ4v) is 3.79. The van der Waals surface area contributed by atoms with Crippen molar-refractivity contribution in [1.29, 1.82) is 0 Å². The predicted octanol–water partition coefficient (Wildman–Crippen LogP) is 6.86. The number of hydrazine groups is 1. The summed E-state index contributed by atoms with van der Waals surface area (Å²) < 4.78 is 14.4. The topological polar surface area (TPSA) is 68.7 Å². The molecule has 0 aliphatic carbocycles. The molecule has 0 spiro atoms. The zero-order valence-corrected chi connectivity index (χ0v) is 19.8. The van der Waals surface area contributed by atoms with Crippen molar-refractivity contribution in [3.8, 4) is 5.75 Å². The normalized spacial score (nSPS) is 12.2. The van der Waals surface area contributed by atoms with Gasteiger partial charge in [0.25, 0.3) is 0 Å². The first-order valence-corrected chi connectivity index (χ1v) is 11.6. The third kappa shape index (κ3) is 6.43. The highest BCUT2D eigenvalue weighted by Gasteiger charge is 2.19. The summed E-state index contributed by atoms with van der Waals surface area (Å²) in [6.07, 6.45) is 0.398.